The molecule has 0 atom stereocenters. The SMILES string of the molecule is Cc1ccc(C)c(-n2nnnc2SCC(=O)N2CCCc3ccccc32)c1. The second-order valence-electron chi connectivity index (χ2n) is 6.73. The normalized spacial score (nSPS) is 13.5. The third-order valence-corrected chi connectivity index (χ3v) is 5.67. The van der Waals surface area contributed by atoms with Crippen LogP contribution in [0.3, 0.4) is 0 Å². The van der Waals surface area contributed by atoms with Crippen LogP contribution in [0.5, 0.6) is 0 Å². The monoisotopic (exact) mass is 379 g/mol. The molecule has 2 heterocycles. The van der Waals surface area contributed by atoms with Crippen LogP contribution in [-0.4, -0.2) is 38.4 Å². The van der Waals surface area contributed by atoms with Crippen molar-refractivity contribution in [1.29, 1.82) is 0 Å². The number of nitrogens with zero attached hydrogens (tertiary/aromatic N) is 5. The largest absolute Gasteiger partial charge is 0.311 e. The van der Waals surface area contributed by atoms with Gasteiger partial charge in [-0.2, -0.15) is 4.68 Å². The molecule has 1 amide bonds. The first-order chi connectivity index (χ1) is 13.1. The van der Waals surface area contributed by atoms with Gasteiger partial charge in [0.2, 0.25) is 11.1 Å². The number of anilines is 1. The molecule has 0 N–H and O–H groups in total. The van der Waals surface area contributed by atoms with Gasteiger partial charge in [0.05, 0.1) is 11.4 Å². The van der Waals surface area contributed by atoms with Crippen LogP contribution in [0.15, 0.2) is 47.6 Å². The summed E-state index contributed by atoms with van der Waals surface area (Å²) in [6.07, 6.45) is 2.02. The maximum absolute atomic E-state index is 12.9. The van der Waals surface area contributed by atoms with E-state index in [4.69, 9.17) is 0 Å². The van der Waals surface area contributed by atoms with E-state index in [9.17, 15) is 4.79 Å². The molecule has 0 bridgehead atoms. The van der Waals surface area contributed by atoms with Crippen LogP contribution in [0.2, 0.25) is 0 Å². The highest BCUT2D eigenvalue weighted by atomic mass is 32.2. The molecule has 27 heavy (non-hydrogen) atoms. The van der Waals surface area contributed by atoms with Crippen molar-refractivity contribution in [3.8, 4) is 5.69 Å². The second kappa shape index (κ2) is 7.52. The molecule has 1 aromatic heterocycles. The molecule has 0 aliphatic carbocycles. The lowest BCUT2D eigenvalue weighted by Gasteiger charge is -2.29. The highest BCUT2D eigenvalue weighted by Crippen LogP contribution is 2.28. The molecule has 0 radical (unpaired) electrons. The van der Waals surface area contributed by atoms with Crippen molar-refractivity contribution in [2.75, 3.05) is 17.2 Å². The van der Waals surface area contributed by atoms with E-state index in [2.05, 4.69) is 39.8 Å². The summed E-state index contributed by atoms with van der Waals surface area (Å²) < 4.78 is 1.71. The van der Waals surface area contributed by atoms with Gasteiger partial charge in [-0.1, -0.05) is 42.1 Å². The Balaban J connectivity index is 1.52. The number of hydrogen-bond donors (Lipinski definition) is 0. The van der Waals surface area contributed by atoms with Crippen molar-refractivity contribution in [1.82, 2.24) is 20.2 Å². The van der Waals surface area contributed by atoms with Crippen LogP contribution in [0, 0.1) is 13.8 Å². The summed E-state index contributed by atoms with van der Waals surface area (Å²) in [5.74, 6) is 0.391. The minimum absolute atomic E-state index is 0.0858. The maximum Gasteiger partial charge on any atom is 0.237 e. The average molecular weight is 379 g/mol. The van der Waals surface area contributed by atoms with Gasteiger partial charge >= 0.3 is 0 Å². The van der Waals surface area contributed by atoms with Gasteiger partial charge in [0.1, 0.15) is 0 Å². The Labute approximate surface area is 162 Å². The van der Waals surface area contributed by atoms with Crippen LogP contribution in [0.25, 0.3) is 5.69 Å². The zero-order chi connectivity index (χ0) is 18.8. The summed E-state index contributed by atoms with van der Waals surface area (Å²) in [4.78, 5) is 14.7. The van der Waals surface area contributed by atoms with E-state index in [0.29, 0.717) is 10.9 Å². The minimum atomic E-state index is 0.0858. The number of thioether (sulfide) groups is 1. The van der Waals surface area contributed by atoms with E-state index in [1.807, 2.05) is 36.9 Å². The van der Waals surface area contributed by atoms with Gasteiger partial charge in [0.25, 0.3) is 0 Å². The smallest absolute Gasteiger partial charge is 0.237 e. The van der Waals surface area contributed by atoms with E-state index in [-0.39, 0.29) is 5.91 Å². The van der Waals surface area contributed by atoms with Crippen LogP contribution < -0.4 is 4.90 Å². The lowest BCUT2D eigenvalue weighted by Crippen LogP contribution is -2.36. The van der Waals surface area contributed by atoms with Crippen molar-refractivity contribution in [3.63, 3.8) is 0 Å². The predicted molar refractivity (Wildman–Crippen MR) is 106 cm³/mol. The molecule has 0 unspecified atom stereocenters. The van der Waals surface area contributed by atoms with Gasteiger partial charge in [-0.25, -0.2) is 0 Å². The fourth-order valence-corrected chi connectivity index (χ4v) is 4.12. The molecule has 6 nitrogen and oxygen atoms in total. The summed E-state index contributed by atoms with van der Waals surface area (Å²) in [5, 5.41) is 12.7. The Morgan fingerprint density at radius 3 is 2.89 bits per heavy atom. The lowest BCUT2D eigenvalue weighted by atomic mass is 10.0. The first kappa shape index (κ1) is 17.7. The highest BCUT2D eigenvalue weighted by molar-refractivity contribution is 7.99. The molecule has 2 aromatic carbocycles. The average Bonchev–Trinajstić information content (AvgIpc) is 3.16. The van der Waals surface area contributed by atoms with E-state index in [1.165, 1.54) is 17.3 Å². The van der Waals surface area contributed by atoms with E-state index < -0.39 is 0 Å². The number of carbonyl (C=O) groups is 1. The van der Waals surface area contributed by atoms with Gasteiger partial charge in [-0.15, -0.1) is 5.10 Å². The molecular weight excluding hydrogens is 358 g/mol. The molecule has 138 valence electrons. The third-order valence-electron chi connectivity index (χ3n) is 4.77. The Kier molecular flexibility index (Phi) is 4.94. The Hall–Kier alpha value is -2.67. The van der Waals surface area contributed by atoms with Crippen LogP contribution in [0.4, 0.5) is 5.69 Å². The summed E-state index contributed by atoms with van der Waals surface area (Å²) in [6.45, 7) is 4.83. The number of para-hydroxylation sites is 1. The zero-order valence-corrected chi connectivity index (χ0v) is 16.2. The summed E-state index contributed by atoms with van der Waals surface area (Å²) in [5.41, 5.74) is 5.44. The van der Waals surface area contributed by atoms with Crippen molar-refractivity contribution < 1.29 is 4.79 Å². The molecule has 0 saturated heterocycles. The molecule has 1 aliphatic rings. The van der Waals surface area contributed by atoms with Gasteiger partial charge in [0.15, 0.2) is 0 Å². The number of benzene rings is 2. The number of fused-ring (bicyclic) bond motifs is 1. The molecule has 3 aromatic rings. The number of aromatic nitrogens is 4. The Morgan fingerprint density at radius 1 is 1.15 bits per heavy atom. The number of carbonyl (C=O) groups excluding carboxylic acids is 1. The fraction of sp³-hybridized carbons (Fsp3) is 0.300. The van der Waals surface area contributed by atoms with Gasteiger partial charge < -0.3 is 4.90 Å². The number of tetrazole rings is 1. The van der Waals surface area contributed by atoms with Crippen LogP contribution in [0.1, 0.15) is 23.1 Å². The molecule has 0 spiro atoms. The minimum Gasteiger partial charge on any atom is -0.311 e. The number of hydrogen-bond acceptors (Lipinski definition) is 5. The second-order valence-corrected chi connectivity index (χ2v) is 7.67. The zero-order valence-electron chi connectivity index (χ0n) is 15.4. The Morgan fingerprint density at radius 2 is 2.00 bits per heavy atom. The van der Waals surface area contributed by atoms with E-state index in [1.54, 1.807) is 4.68 Å². The predicted octanol–water partition coefficient (Wildman–Crippen LogP) is 3.35. The van der Waals surface area contributed by atoms with Crippen molar-refractivity contribution in [2.45, 2.75) is 31.8 Å². The summed E-state index contributed by atoms with van der Waals surface area (Å²) in [7, 11) is 0. The highest BCUT2D eigenvalue weighted by Gasteiger charge is 2.23. The molecule has 0 fully saturated rings. The standard InChI is InChI=1S/C20H21N5OS/c1-14-9-10-15(2)18(12-14)25-20(21-22-23-25)27-13-19(26)24-11-5-7-16-6-3-4-8-17(16)24/h3-4,6,8-10,12H,5,7,11,13H2,1-2H3. The molecular formula is C20H21N5OS. The summed E-state index contributed by atoms with van der Waals surface area (Å²) in [6, 6.07) is 14.3. The maximum atomic E-state index is 12.9. The van der Waals surface area contributed by atoms with Crippen molar-refractivity contribution in [3.05, 3.63) is 59.2 Å². The van der Waals surface area contributed by atoms with Crippen molar-refractivity contribution in [2.24, 2.45) is 0 Å². The quantitative estimate of drug-likeness (QED) is 0.651. The molecule has 7 heteroatoms. The first-order valence-electron chi connectivity index (χ1n) is 9.00. The van der Waals surface area contributed by atoms with Crippen LogP contribution in [-0.2, 0) is 11.2 Å². The number of aryl methyl sites for hydroxylation is 3. The third kappa shape index (κ3) is 3.60. The molecule has 0 saturated carbocycles. The first-order valence-corrected chi connectivity index (χ1v) is 9.99. The number of rotatable bonds is 4. The van der Waals surface area contributed by atoms with E-state index >= 15 is 0 Å². The van der Waals surface area contributed by atoms with Crippen LogP contribution >= 0.6 is 11.8 Å². The molecule has 1 aliphatic heterocycles. The molecule has 4 rings (SSSR count). The van der Waals surface area contributed by atoms with Crippen molar-refractivity contribution >= 4 is 23.4 Å². The number of amides is 1. The lowest BCUT2D eigenvalue weighted by molar-refractivity contribution is -0.116. The Bertz CT molecular complexity index is 984. The van der Waals surface area contributed by atoms with Gasteiger partial charge in [-0.05, 0) is 65.9 Å². The summed E-state index contributed by atoms with van der Waals surface area (Å²) >= 11 is 1.38. The van der Waals surface area contributed by atoms with Gasteiger partial charge in [-0.3, -0.25) is 4.79 Å². The fourth-order valence-electron chi connectivity index (χ4n) is 3.36. The van der Waals surface area contributed by atoms with E-state index in [0.717, 1.165) is 41.9 Å². The topological polar surface area (TPSA) is 63.9 Å². The van der Waals surface area contributed by atoms with Gasteiger partial charge in [0, 0.05) is 12.2 Å².